The van der Waals surface area contributed by atoms with E-state index in [1.54, 1.807) is 20.4 Å². The summed E-state index contributed by atoms with van der Waals surface area (Å²) in [6, 6.07) is 13.5. The van der Waals surface area contributed by atoms with Crippen LogP contribution in [0.15, 0.2) is 57.6 Å². The van der Waals surface area contributed by atoms with Gasteiger partial charge in [0, 0.05) is 29.4 Å². The molecule has 2 aromatic carbocycles. The van der Waals surface area contributed by atoms with Gasteiger partial charge in [-0.2, -0.15) is 0 Å². The van der Waals surface area contributed by atoms with Crippen LogP contribution in [0, 0.1) is 0 Å². The van der Waals surface area contributed by atoms with Gasteiger partial charge < -0.3 is 19.2 Å². The van der Waals surface area contributed by atoms with Gasteiger partial charge in [-0.3, -0.25) is 4.79 Å². The van der Waals surface area contributed by atoms with Crippen LogP contribution in [-0.2, 0) is 17.6 Å². The molecule has 1 heterocycles. The first kappa shape index (κ1) is 20.9. The predicted octanol–water partition coefficient (Wildman–Crippen LogP) is 4.41. The first-order valence-electron chi connectivity index (χ1n) is 9.27. The summed E-state index contributed by atoms with van der Waals surface area (Å²) >= 11 is 3.41. The average Bonchev–Trinajstić information content (AvgIpc) is 3.21. The van der Waals surface area contributed by atoms with E-state index < -0.39 is 0 Å². The number of amides is 1. The third-order valence-electron chi connectivity index (χ3n) is 4.43. The highest BCUT2D eigenvalue weighted by Gasteiger charge is 2.10. The summed E-state index contributed by atoms with van der Waals surface area (Å²) in [5.41, 5.74) is 2.01. The molecule has 3 aromatic rings. The second-order valence-electron chi connectivity index (χ2n) is 6.41. The fourth-order valence-corrected chi connectivity index (χ4v) is 3.13. The van der Waals surface area contributed by atoms with Crippen molar-refractivity contribution >= 4 is 21.8 Å². The Morgan fingerprint density at radius 3 is 2.55 bits per heavy atom. The molecule has 0 radical (unpaired) electrons. The minimum atomic E-state index is -0.0335. The molecule has 0 aliphatic heterocycles. The highest BCUT2D eigenvalue weighted by molar-refractivity contribution is 9.10. The van der Waals surface area contributed by atoms with Crippen molar-refractivity contribution in [1.82, 2.24) is 10.3 Å². The minimum absolute atomic E-state index is 0.0335. The lowest BCUT2D eigenvalue weighted by molar-refractivity contribution is -0.121. The zero-order valence-corrected chi connectivity index (χ0v) is 18.0. The largest absolute Gasteiger partial charge is 0.493 e. The normalized spacial score (nSPS) is 10.6. The molecule has 0 unspecified atom stereocenters. The van der Waals surface area contributed by atoms with Crippen LogP contribution in [-0.4, -0.2) is 31.7 Å². The number of rotatable bonds is 9. The molecule has 0 atom stereocenters. The van der Waals surface area contributed by atoms with Gasteiger partial charge in [-0.25, -0.2) is 4.98 Å². The smallest absolute Gasteiger partial charge is 0.220 e. The maximum absolute atomic E-state index is 12.1. The average molecular weight is 459 g/mol. The summed E-state index contributed by atoms with van der Waals surface area (Å²) in [5, 5.41) is 2.93. The standard InChI is InChI=1S/C22H23BrN2O4/c1-27-18-8-3-15(13-19(18)28-2)11-12-24-21(26)9-10-22-25-14-20(29-22)16-4-6-17(23)7-5-16/h3-8,13-14H,9-12H2,1-2H3,(H,24,26). The number of carbonyl (C=O) groups is 1. The van der Waals surface area contributed by atoms with Crippen LogP contribution in [0.4, 0.5) is 0 Å². The first-order chi connectivity index (χ1) is 14.1. The van der Waals surface area contributed by atoms with Crippen LogP contribution >= 0.6 is 15.9 Å². The lowest BCUT2D eigenvalue weighted by Gasteiger charge is -2.10. The van der Waals surface area contributed by atoms with Gasteiger partial charge in [0.05, 0.1) is 20.4 Å². The Kier molecular flexibility index (Phi) is 7.30. The Bertz CT molecular complexity index is 954. The van der Waals surface area contributed by atoms with E-state index >= 15 is 0 Å². The van der Waals surface area contributed by atoms with E-state index in [9.17, 15) is 4.79 Å². The molecule has 0 bridgehead atoms. The molecule has 29 heavy (non-hydrogen) atoms. The van der Waals surface area contributed by atoms with Gasteiger partial charge in [-0.05, 0) is 36.2 Å². The molecular weight excluding hydrogens is 436 g/mol. The van der Waals surface area contributed by atoms with Gasteiger partial charge in [0.25, 0.3) is 0 Å². The van der Waals surface area contributed by atoms with Gasteiger partial charge in [0.2, 0.25) is 5.91 Å². The van der Waals surface area contributed by atoms with Gasteiger partial charge >= 0.3 is 0 Å². The summed E-state index contributed by atoms with van der Waals surface area (Å²) in [6.45, 7) is 0.546. The highest BCUT2D eigenvalue weighted by Crippen LogP contribution is 2.27. The number of ether oxygens (including phenoxy) is 2. The molecule has 1 amide bonds. The van der Waals surface area contributed by atoms with E-state index in [1.165, 1.54) is 0 Å². The molecule has 6 nitrogen and oxygen atoms in total. The van der Waals surface area contributed by atoms with Crippen molar-refractivity contribution in [1.29, 1.82) is 0 Å². The number of nitrogens with one attached hydrogen (secondary N) is 1. The number of carbonyl (C=O) groups excluding carboxylic acids is 1. The summed E-state index contributed by atoms with van der Waals surface area (Å²) in [5.74, 6) is 2.59. The molecule has 0 fully saturated rings. The zero-order chi connectivity index (χ0) is 20.6. The highest BCUT2D eigenvalue weighted by atomic mass is 79.9. The van der Waals surface area contributed by atoms with Crippen molar-refractivity contribution in [3.63, 3.8) is 0 Å². The van der Waals surface area contributed by atoms with Gasteiger partial charge in [-0.15, -0.1) is 0 Å². The first-order valence-corrected chi connectivity index (χ1v) is 10.1. The van der Waals surface area contributed by atoms with Crippen LogP contribution in [0.3, 0.4) is 0 Å². The molecular formula is C22H23BrN2O4. The summed E-state index contributed by atoms with van der Waals surface area (Å²) < 4.78 is 17.3. The molecule has 0 spiro atoms. The maximum Gasteiger partial charge on any atom is 0.220 e. The van der Waals surface area contributed by atoms with E-state index in [0.717, 1.165) is 15.6 Å². The van der Waals surface area contributed by atoms with E-state index in [1.807, 2.05) is 42.5 Å². The number of oxazole rings is 1. The van der Waals surface area contributed by atoms with E-state index in [-0.39, 0.29) is 5.91 Å². The number of hydrogen-bond donors (Lipinski definition) is 1. The van der Waals surface area contributed by atoms with Crippen LogP contribution in [0.25, 0.3) is 11.3 Å². The Balaban J connectivity index is 1.44. The minimum Gasteiger partial charge on any atom is -0.493 e. The Hall–Kier alpha value is -2.80. The van der Waals surface area contributed by atoms with Gasteiger partial charge in [0.1, 0.15) is 0 Å². The van der Waals surface area contributed by atoms with Crippen molar-refractivity contribution in [3.8, 4) is 22.8 Å². The predicted molar refractivity (Wildman–Crippen MR) is 114 cm³/mol. The Labute approximate surface area is 178 Å². The van der Waals surface area contributed by atoms with Gasteiger partial charge in [-0.1, -0.05) is 34.1 Å². The topological polar surface area (TPSA) is 73.6 Å². The quantitative estimate of drug-likeness (QED) is 0.513. The van der Waals surface area contributed by atoms with Gasteiger partial charge in [0.15, 0.2) is 23.1 Å². The fraction of sp³-hybridized carbons (Fsp3) is 0.273. The molecule has 152 valence electrons. The van der Waals surface area contributed by atoms with Crippen molar-refractivity contribution in [2.45, 2.75) is 19.3 Å². The number of benzene rings is 2. The lowest BCUT2D eigenvalue weighted by Crippen LogP contribution is -2.25. The number of hydrogen-bond acceptors (Lipinski definition) is 5. The van der Waals surface area contributed by atoms with E-state index in [0.29, 0.717) is 49.0 Å². The van der Waals surface area contributed by atoms with Crippen molar-refractivity contribution in [3.05, 3.63) is 64.6 Å². The maximum atomic E-state index is 12.1. The number of halogens is 1. The van der Waals surface area contributed by atoms with E-state index in [2.05, 4.69) is 26.2 Å². The van der Waals surface area contributed by atoms with Crippen LogP contribution in [0.1, 0.15) is 17.9 Å². The monoisotopic (exact) mass is 458 g/mol. The molecule has 3 rings (SSSR count). The second kappa shape index (κ2) is 10.1. The Morgan fingerprint density at radius 2 is 1.83 bits per heavy atom. The number of methoxy groups -OCH3 is 2. The molecule has 0 saturated carbocycles. The number of nitrogens with zero attached hydrogens (tertiary/aromatic N) is 1. The zero-order valence-electron chi connectivity index (χ0n) is 16.4. The lowest BCUT2D eigenvalue weighted by atomic mass is 10.1. The number of aryl methyl sites for hydroxylation is 1. The summed E-state index contributed by atoms with van der Waals surface area (Å²) in [7, 11) is 3.21. The van der Waals surface area contributed by atoms with Crippen LogP contribution in [0.5, 0.6) is 11.5 Å². The van der Waals surface area contributed by atoms with E-state index in [4.69, 9.17) is 13.9 Å². The van der Waals surface area contributed by atoms with Crippen LogP contribution < -0.4 is 14.8 Å². The second-order valence-corrected chi connectivity index (χ2v) is 7.33. The third kappa shape index (κ3) is 5.84. The molecule has 1 N–H and O–H groups in total. The Morgan fingerprint density at radius 1 is 1.07 bits per heavy atom. The fourth-order valence-electron chi connectivity index (χ4n) is 2.86. The van der Waals surface area contributed by atoms with Crippen molar-refractivity contribution in [2.75, 3.05) is 20.8 Å². The van der Waals surface area contributed by atoms with Crippen LogP contribution in [0.2, 0.25) is 0 Å². The molecule has 1 aromatic heterocycles. The molecule has 0 saturated heterocycles. The molecule has 7 heteroatoms. The summed E-state index contributed by atoms with van der Waals surface area (Å²) in [4.78, 5) is 16.4. The third-order valence-corrected chi connectivity index (χ3v) is 4.96. The SMILES string of the molecule is COc1ccc(CCNC(=O)CCc2ncc(-c3ccc(Br)cc3)o2)cc1OC. The molecule has 0 aliphatic carbocycles. The van der Waals surface area contributed by atoms with Crippen molar-refractivity contribution < 1.29 is 18.7 Å². The van der Waals surface area contributed by atoms with Crippen molar-refractivity contribution in [2.24, 2.45) is 0 Å². The summed E-state index contributed by atoms with van der Waals surface area (Å²) in [6.07, 6.45) is 3.18. The number of aromatic nitrogens is 1. The molecule has 0 aliphatic rings.